The molecule has 2 rings (SSSR count). The number of ether oxygens (including phenoxy) is 1. The molecule has 2 amide bonds. The summed E-state index contributed by atoms with van der Waals surface area (Å²) in [6.45, 7) is 1.38. The number of nitrogens with one attached hydrogen (secondary N) is 2. The Morgan fingerprint density at radius 3 is 2.31 bits per heavy atom. The topological polar surface area (TPSA) is 105 Å². The van der Waals surface area contributed by atoms with Gasteiger partial charge in [0.25, 0.3) is 0 Å². The smallest absolute Gasteiger partial charge is 0.246 e. The van der Waals surface area contributed by atoms with Gasteiger partial charge in [0, 0.05) is 26.7 Å². The number of anilines is 1. The number of sulfonamides is 1. The zero-order chi connectivity index (χ0) is 21.6. The molecule has 0 saturated carbocycles. The maximum absolute atomic E-state index is 12.6. The molecular weight excluding hydrogens is 394 g/mol. The highest BCUT2D eigenvalue weighted by molar-refractivity contribution is 7.89. The fourth-order valence-electron chi connectivity index (χ4n) is 2.73. The predicted molar refractivity (Wildman–Crippen MR) is 110 cm³/mol. The fraction of sp³-hybridized carbons (Fsp3) is 0.300. The molecule has 1 unspecified atom stereocenters. The van der Waals surface area contributed by atoms with Crippen molar-refractivity contribution < 1.29 is 22.7 Å². The second-order valence-electron chi connectivity index (χ2n) is 6.57. The van der Waals surface area contributed by atoms with Crippen LogP contribution in [-0.4, -0.2) is 45.7 Å². The summed E-state index contributed by atoms with van der Waals surface area (Å²) >= 11 is 0. The first kappa shape index (κ1) is 22.4. The molecule has 0 aliphatic rings. The van der Waals surface area contributed by atoms with Crippen LogP contribution < -0.4 is 15.4 Å². The van der Waals surface area contributed by atoms with E-state index < -0.39 is 16.1 Å². The number of carbonyl (C=O) groups excluding carboxylic acids is 2. The van der Waals surface area contributed by atoms with Crippen LogP contribution in [0.15, 0.2) is 53.4 Å². The van der Waals surface area contributed by atoms with E-state index >= 15 is 0 Å². The maximum atomic E-state index is 12.6. The number of rotatable bonds is 8. The van der Waals surface area contributed by atoms with Gasteiger partial charge >= 0.3 is 0 Å². The number of methoxy groups -OCH3 is 1. The zero-order valence-corrected chi connectivity index (χ0v) is 17.6. The van der Waals surface area contributed by atoms with Crippen molar-refractivity contribution in [3.05, 3.63) is 54.1 Å². The molecule has 2 aromatic rings. The van der Waals surface area contributed by atoms with Crippen LogP contribution in [-0.2, 0) is 19.6 Å². The van der Waals surface area contributed by atoms with Crippen LogP contribution in [0.4, 0.5) is 5.69 Å². The minimum atomic E-state index is -3.76. The van der Waals surface area contributed by atoms with Gasteiger partial charge in [-0.05, 0) is 23.8 Å². The molecule has 2 aromatic carbocycles. The van der Waals surface area contributed by atoms with E-state index in [1.165, 1.54) is 40.3 Å². The largest absolute Gasteiger partial charge is 0.495 e. The molecular formula is C20H25N3O5S. The summed E-state index contributed by atoms with van der Waals surface area (Å²) < 4.78 is 31.2. The van der Waals surface area contributed by atoms with Crippen LogP contribution in [0.25, 0.3) is 0 Å². The zero-order valence-electron chi connectivity index (χ0n) is 16.8. The van der Waals surface area contributed by atoms with Crippen molar-refractivity contribution >= 4 is 27.5 Å². The fourth-order valence-corrected chi connectivity index (χ4v) is 3.81. The van der Waals surface area contributed by atoms with Gasteiger partial charge < -0.3 is 15.4 Å². The van der Waals surface area contributed by atoms with Crippen molar-refractivity contribution in [2.24, 2.45) is 0 Å². The third kappa shape index (κ3) is 5.78. The molecule has 0 saturated heterocycles. The number of hydrogen-bond donors (Lipinski definition) is 2. The molecule has 0 bridgehead atoms. The average Bonchev–Trinajstić information content (AvgIpc) is 2.67. The second-order valence-corrected chi connectivity index (χ2v) is 8.69. The van der Waals surface area contributed by atoms with Crippen molar-refractivity contribution in [1.29, 1.82) is 0 Å². The van der Waals surface area contributed by atoms with Crippen LogP contribution >= 0.6 is 0 Å². The summed E-state index contributed by atoms with van der Waals surface area (Å²) in [5.74, 6) is -0.446. The molecule has 0 aliphatic carbocycles. The molecule has 0 spiro atoms. The molecule has 0 radical (unpaired) electrons. The predicted octanol–water partition coefficient (Wildman–Crippen LogP) is 2.15. The summed E-state index contributed by atoms with van der Waals surface area (Å²) in [6, 6.07) is 13.0. The molecule has 29 heavy (non-hydrogen) atoms. The van der Waals surface area contributed by atoms with Crippen LogP contribution in [0.5, 0.6) is 5.75 Å². The average molecular weight is 420 g/mol. The first-order valence-corrected chi connectivity index (χ1v) is 10.3. The molecule has 0 aliphatic heterocycles. The van der Waals surface area contributed by atoms with Crippen molar-refractivity contribution in [1.82, 2.24) is 9.62 Å². The first-order chi connectivity index (χ1) is 13.6. The number of hydrogen-bond acceptors (Lipinski definition) is 5. The highest BCUT2D eigenvalue weighted by Gasteiger charge is 2.23. The summed E-state index contributed by atoms with van der Waals surface area (Å²) in [4.78, 5) is 24.1. The van der Waals surface area contributed by atoms with Crippen molar-refractivity contribution in [2.75, 3.05) is 26.5 Å². The normalized spacial score (nSPS) is 12.3. The van der Waals surface area contributed by atoms with E-state index in [1.807, 2.05) is 30.3 Å². The van der Waals surface area contributed by atoms with Gasteiger partial charge in [-0.1, -0.05) is 30.3 Å². The van der Waals surface area contributed by atoms with Crippen LogP contribution in [0.1, 0.15) is 24.9 Å². The van der Waals surface area contributed by atoms with Gasteiger partial charge in [0.05, 0.1) is 19.6 Å². The highest BCUT2D eigenvalue weighted by Crippen LogP contribution is 2.29. The Morgan fingerprint density at radius 1 is 1.10 bits per heavy atom. The highest BCUT2D eigenvalue weighted by atomic mass is 32.2. The van der Waals surface area contributed by atoms with Crippen LogP contribution in [0, 0.1) is 0 Å². The Labute approximate surface area is 170 Å². The SMILES string of the molecule is COc1ccc(NC(=O)CC(NC(C)=O)c2ccccc2)cc1S(=O)(=O)N(C)C. The summed E-state index contributed by atoms with van der Waals surface area (Å²) in [6.07, 6.45) is -0.00855. The van der Waals surface area contributed by atoms with Crippen molar-refractivity contribution in [3.63, 3.8) is 0 Å². The third-order valence-electron chi connectivity index (χ3n) is 4.17. The lowest BCUT2D eigenvalue weighted by Gasteiger charge is -2.19. The second kappa shape index (κ2) is 9.53. The molecule has 0 heterocycles. The van der Waals surface area contributed by atoms with Gasteiger partial charge in [0.1, 0.15) is 10.6 Å². The van der Waals surface area contributed by atoms with Gasteiger partial charge in [-0.15, -0.1) is 0 Å². The number of carbonyl (C=O) groups is 2. The first-order valence-electron chi connectivity index (χ1n) is 8.87. The number of amides is 2. The van der Waals surface area contributed by atoms with Gasteiger partial charge in [-0.25, -0.2) is 12.7 Å². The molecule has 0 fully saturated rings. The van der Waals surface area contributed by atoms with Crippen molar-refractivity contribution in [3.8, 4) is 5.75 Å². The van der Waals surface area contributed by atoms with Crippen LogP contribution in [0.3, 0.4) is 0 Å². The van der Waals surface area contributed by atoms with Gasteiger partial charge in [-0.2, -0.15) is 0 Å². The summed E-state index contributed by atoms with van der Waals surface area (Å²) in [5.41, 5.74) is 1.11. The van der Waals surface area contributed by atoms with E-state index in [1.54, 1.807) is 6.07 Å². The number of benzene rings is 2. The molecule has 8 nitrogen and oxygen atoms in total. The minimum absolute atomic E-state index is 0.00855. The van der Waals surface area contributed by atoms with Gasteiger partial charge in [-0.3, -0.25) is 9.59 Å². The van der Waals surface area contributed by atoms with Crippen LogP contribution in [0.2, 0.25) is 0 Å². The molecule has 2 N–H and O–H groups in total. The monoisotopic (exact) mass is 419 g/mol. The Hall–Kier alpha value is -2.91. The van der Waals surface area contributed by atoms with Crippen molar-refractivity contribution in [2.45, 2.75) is 24.3 Å². The van der Waals surface area contributed by atoms with E-state index in [2.05, 4.69) is 10.6 Å². The molecule has 1 atom stereocenters. The van der Waals surface area contributed by atoms with Gasteiger partial charge in [0.2, 0.25) is 21.8 Å². The summed E-state index contributed by atoms with van der Waals surface area (Å²) in [5, 5.41) is 5.45. The van der Waals surface area contributed by atoms with E-state index in [0.29, 0.717) is 5.69 Å². The Morgan fingerprint density at radius 2 is 1.76 bits per heavy atom. The van der Waals surface area contributed by atoms with E-state index in [0.717, 1.165) is 9.87 Å². The van der Waals surface area contributed by atoms with E-state index in [9.17, 15) is 18.0 Å². The lowest BCUT2D eigenvalue weighted by molar-refractivity contribution is -0.120. The van der Waals surface area contributed by atoms with Gasteiger partial charge in [0.15, 0.2) is 0 Å². The Balaban J connectivity index is 2.24. The lowest BCUT2D eigenvalue weighted by atomic mass is 10.0. The van der Waals surface area contributed by atoms with E-state index in [-0.39, 0.29) is 28.9 Å². The lowest BCUT2D eigenvalue weighted by Crippen LogP contribution is -2.29. The minimum Gasteiger partial charge on any atom is -0.495 e. The maximum Gasteiger partial charge on any atom is 0.246 e. The molecule has 0 aromatic heterocycles. The molecule has 156 valence electrons. The Kier molecular flexibility index (Phi) is 7.35. The number of nitrogens with zero attached hydrogens (tertiary/aromatic N) is 1. The third-order valence-corrected chi connectivity index (χ3v) is 6.01. The summed E-state index contributed by atoms with van der Waals surface area (Å²) in [7, 11) is 0.444. The van der Waals surface area contributed by atoms with E-state index in [4.69, 9.17) is 4.74 Å². The molecule has 9 heteroatoms. The standard InChI is InChI=1S/C20H25N3O5S/c1-14(24)21-17(15-8-6-5-7-9-15)13-20(25)22-16-10-11-18(28-4)19(12-16)29(26,27)23(2)3/h5-12,17H,13H2,1-4H3,(H,21,24)(H,22,25). The Bertz CT molecular complexity index is 975. The quantitative estimate of drug-likeness (QED) is 0.682.